The minimum Gasteiger partial charge on any atom is -0.497 e. The van der Waals surface area contributed by atoms with Crippen LogP contribution < -0.4 is 4.74 Å². The molecular weight excluding hydrogens is 351 g/mol. The molecule has 1 aromatic rings. The van der Waals surface area contributed by atoms with Crippen LogP contribution in [0.1, 0.15) is 38.2 Å². The van der Waals surface area contributed by atoms with Crippen LogP contribution in [0.2, 0.25) is 0 Å². The van der Waals surface area contributed by atoms with E-state index in [9.17, 15) is 0 Å². The average Bonchev–Trinajstić information content (AvgIpc) is 2.47. The SMILES string of the molecule is COc1cccc(COC2(CI)CCC(C)CC2)c1. The Balaban J connectivity index is 1.95. The predicted molar refractivity (Wildman–Crippen MR) is 87.0 cm³/mol. The number of alkyl halides is 1. The summed E-state index contributed by atoms with van der Waals surface area (Å²) in [5.41, 5.74) is 1.29. The van der Waals surface area contributed by atoms with Gasteiger partial charge in [0.2, 0.25) is 0 Å². The smallest absolute Gasteiger partial charge is 0.119 e. The molecule has 0 N–H and O–H groups in total. The van der Waals surface area contributed by atoms with Gasteiger partial charge < -0.3 is 9.47 Å². The van der Waals surface area contributed by atoms with Crippen LogP contribution in [0.25, 0.3) is 0 Å². The zero-order chi connectivity index (χ0) is 13.7. The monoisotopic (exact) mass is 374 g/mol. The molecule has 2 nitrogen and oxygen atoms in total. The molecule has 0 aliphatic heterocycles. The maximum atomic E-state index is 6.29. The lowest BCUT2D eigenvalue weighted by molar-refractivity contribution is -0.0676. The Labute approximate surface area is 130 Å². The van der Waals surface area contributed by atoms with Crippen LogP contribution in [0.4, 0.5) is 0 Å². The first kappa shape index (κ1) is 15.1. The molecular formula is C16H23IO2. The molecule has 2 rings (SSSR count). The number of hydrogen-bond donors (Lipinski definition) is 0. The molecule has 0 radical (unpaired) electrons. The predicted octanol–water partition coefficient (Wildman–Crippen LogP) is 4.60. The van der Waals surface area contributed by atoms with Gasteiger partial charge in [-0.2, -0.15) is 0 Å². The van der Waals surface area contributed by atoms with Crippen molar-refractivity contribution in [2.75, 3.05) is 11.5 Å². The molecule has 1 aromatic carbocycles. The Morgan fingerprint density at radius 2 is 2.05 bits per heavy atom. The van der Waals surface area contributed by atoms with Crippen LogP contribution in [0.15, 0.2) is 24.3 Å². The third-order valence-electron chi connectivity index (χ3n) is 4.11. The zero-order valence-electron chi connectivity index (χ0n) is 11.8. The lowest BCUT2D eigenvalue weighted by Gasteiger charge is -2.38. The van der Waals surface area contributed by atoms with E-state index in [-0.39, 0.29) is 5.60 Å². The van der Waals surface area contributed by atoms with Gasteiger partial charge in [0.1, 0.15) is 5.75 Å². The van der Waals surface area contributed by atoms with Crippen LogP contribution in [0.5, 0.6) is 5.75 Å². The lowest BCUT2D eigenvalue weighted by atomic mass is 9.80. The molecule has 0 amide bonds. The van der Waals surface area contributed by atoms with Crippen LogP contribution >= 0.6 is 22.6 Å². The lowest BCUT2D eigenvalue weighted by Crippen LogP contribution is -2.38. The Morgan fingerprint density at radius 3 is 2.68 bits per heavy atom. The van der Waals surface area contributed by atoms with Gasteiger partial charge in [-0.05, 0) is 49.3 Å². The second-order valence-corrected chi connectivity index (χ2v) is 6.40. The van der Waals surface area contributed by atoms with Gasteiger partial charge in [-0.3, -0.25) is 0 Å². The first-order valence-corrected chi connectivity index (χ1v) is 8.53. The molecule has 0 heterocycles. The van der Waals surface area contributed by atoms with E-state index < -0.39 is 0 Å². The molecule has 0 unspecified atom stereocenters. The van der Waals surface area contributed by atoms with Crippen molar-refractivity contribution in [1.82, 2.24) is 0 Å². The molecule has 0 bridgehead atoms. The Morgan fingerprint density at radius 1 is 1.32 bits per heavy atom. The van der Waals surface area contributed by atoms with Gasteiger partial charge in [0, 0.05) is 4.43 Å². The number of methoxy groups -OCH3 is 1. The molecule has 1 aliphatic carbocycles. The fourth-order valence-corrected chi connectivity index (χ4v) is 3.59. The van der Waals surface area contributed by atoms with Crippen molar-refractivity contribution in [3.05, 3.63) is 29.8 Å². The molecule has 0 atom stereocenters. The van der Waals surface area contributed by atoms with E-state index in [0.717, 1.165) is 16.1 Å². The van der Waals surface area contributed by atoms with E-state index in [1.807, 2.05) is 12.1 Å². The summed E-state index contributed by atoms with van der Waals surface area (Å²) < 4.78 is 12.6. The second kappa shape index (κ2) is 6.93. The Hall–Kier alpha value is -0.290. The molecule has 1 aliphatic rings. The molecule has 1 fully saturated rings. The van der Waals surface area contributed by atoms with Crippen molar-refractivity contribution in [1.29, 1.82) is 0 Å². The highest BCUT2D eigenvalue weighted by Crippen LogP contribution is 2.36. The molecule has 19 heavy (non-hydrogen) atoms. The van der Waals surface area contributed by atoms with Gasteiger partial charge in [0.05, 0.1) is 19.3 Å². The summed E-state index contributed by atoms with van der Waals surface area (Å²) in [6, 6.07) is 8.16. The highest BCUT2D eigenvalue weighted by molar-refractivity contribution is 14.1. The van der Waals surface area contributed by atoms with Crippen molar-refractivity contribution in [3.63, 3.8) is 0 Å². The molecule has 0 spiro atoms. The van der Waals surface area contributed by atoms with Crippen molar-refractivity contribution >= 4 is 22.6 Å². The maximum absolute atomic E-state index is 6.29. The first-order chi connectivity index (χ1) is 9.17. The van der Waals surface area contributed by atoms with Crippen LogP contribution in [-0.4, -0.2) is 17.1 Å². The van der Waals surface area contributed by atoms with E-state index in [4.69, 9.17) is 9.47 Å². The number of benzene rings is 1. The summed E-state index contributed by atoms with van der Waals surface area (Å²) in [6.07, 6.45) is 4.98. The van der Waals surface area contributed by atoms with Gasteiger partial charge in [-0.1, -0.05) is 41.6 Å². The quantitative estimate of drug-likeness (QED) is 0.554. The van der Waals surface area contributed by atoms with Gasteiger partial charge >= 0.3 is 0 Å². The van der Waals surface area contributed by atoms with Crippen molar-refractivity contribution < 1.29 is 9.47 Å². The molecule has 0 saturated heterocycles. The van der Waals surface area contributed by atoms with E-state index >= 15 is 0 Å². The third-order valence-corrected chi connectivity index (χ3v) is 5.50. The third kappa shape index (κ3) is 4.09. The van der Waals surface area contributed by atoms with Gasteiger partial charge in [-0.15, -0.1) is 0 Å². The van der Waals surface area contributed by atoms with Crippen LogP contribution in [0.3, 0.4) is 0 Å². The molecule has 106 valence electrons. The zero-order valence-corrected chi connectivity index (χ0v) is 14.0. The number of rotatable bonds is 5. The average molecular weight is 374 g/mol. The van der Waals surface area contributed by atoms with Crippen LogP contribution in [-0.2, 0) is 11.3 Å². The fraction of sp³-hybridized carbons (Fsp3) is 0.625. The van der Waals surface area contributed by atoms with Crippen LogP contribution in [0, 0.1) is 5.92 Å². The largest absolute Gasteiger partial charge is 0.497 e. The number of hydrogen-bond acceptors (Lipinski definition) is 2. The summed E-state index contributed by atoms with van der Waals surface area (Å²) in [7, 11) is 1.70. The second-order valence-electron chi connectivity index (χ2n) is 5.64. The van der Waals surface area contributed by atoms with Crippen molar-refractivity contribution in [3.8, 4) is 5.75 Å². The minimum absolute atomic E-state index is 0.0934. The highest BCUT2D eigenvalue weighted by Gasteiger charge is 2.34. The van der Waals surface area contributed by atoms with Crippen molar-refractivity contribution in [2.24, 2.45) is 5.92 Å². The summed E-state index contributed by atoms with van der Waals surface area (Å²) in [4.78, 5) is 0. The number of halogens is 1. The maximum Gasteiger partial charge on any atom is 0.119 e. The van der Waals surface area contributed by atoms with Crippen molar-refractivity contribution in [2.45, 2.75) is 44.8 Å². The number of ether oxygens (including phenoxy) is 2. The standard InChI is InChI=1S/C16H23IO2/c1-13-6-8-16(12-17,9-7-13)19-11-14-4-3-5-15(10-14)18-2/h3-5,10,13H,6-9,11-12H2,1-2H3. The van der Waals surface area contributed by atoms with Gasteiger partial charge in [-0.25, -0.2) is 0 Å². The molecule has 1 saturated carbocycles. The van der Waals surface area contributed by atoms with Gasteiger partial charge in [0.25, 0.3) is 0 Å². The van der Waals surface area contributed by atoms with E-state index in [1.54, 1.807) is 7.11 Å². The highest BCUT2D eigenvalue weighted by atomic mass is 127. The van der Waals surface area contributed by atoms with E-state index in [1.165, 1.54) is 31.2 Å². The topological polar surface area (TPSA) is 18.5 Å². The van der Waals surface area contributed by atoms with Gasteiger partial charge in [0.15, 0.2) is 0 Å². The summed E-state index contributed by atoms with van der Waals surface area (Å²) in [6.45, 7) is 3.04. The van der Waals surface area contributed by atoms with E-state index in [0.29, 0.717) is 6.61 Å². The Kier molecular flexibility index (Phi) is 5.51. The van der Waals surface area contributed by atoms with E-state index in [2.05, 4.69) is 41.6 Å². The summed E-state index contributed by atoms with van der Waals surface area (Å²) >= 11 is 2.47. The normalized spacial score (nSPS) is 27.2. The summed E-state index contributed by atoms with van der Waals surface area (Å²) in [5.74, 6) is 1.76. The molecule has 0 aromatic heterocycles. The molecule has 3 heteroatoms. The fourth-order valence-electron chi connectivity index (χ4n) is 2.60. The Bertz CT molecular complexity index is 397. The minimum atomic E-state index is 0.0934. The first-order valence-electron chi connectivity index (χ1n) is 7.00. The summed E-state index contributed by atoms with van der Waals surface area (Å²) in [5, 5.41) is 0.